The number of H-pyrrole nitrogens is 1. The zero-order valence-corrected chi connectivity index (χ0v) is 8.71. The second-order valence-electron chi connectivity index (χ2n) is 3.20. The lowest BCUT2D eigenvalue weighted by molar-refractivity contribution is 0.844. The molecule has 0 aliphatic carbocycles. The van der Waals surface area contributed by atoms with E-state index in [2.05, 4.69) is 15.0 Å². The van der Waals surface area contributed by atoms with Gasteiger partial charge < -0.3 is 10.7 Å². The molecule has 2 aromatic rings. The van der Waals surface area contributed by atoms with E-state index in [9.17, 15) is 0 Å². The summed E-state index contributed by atoms with van der Waals surface area (Å²) < 4.78 is 0. The van der Waals surface area contributed by atoms with Crippen molar-refractivity contribution in [2.75, 3.05) is 5.75 Å². The third kappa shape index (κ3) is 2.05. The fourth-order valence-electron chi connectivity index (χ4n) is 1.10. The fourth-order valence-corrected chi connectivity index (χ4v) is 1.86. The fraction of sp³-hybridized carbons (Fsp3) is 0.333. The molecule has 0 radical (unpaired) electrons. The molecule has 3 N–H and O–H groups in total. The molecule has 2 aromatic heterocycles. The van der Waals surface area contributed by atoms with E-state index in [1.165, 1.54) is 0 Å². The molecule has 1 unspecified atom stereocenters. The summed E-state index contributed by atoms with van der Waals surface area (Å²) in [6, 6.07) is 4.03. The Morgan fingerprint density at radius 3 is 3.21 bits per heavy atom. The Balaban J connectivity index is 2.19. The summed E-state index contributed by atoms with van der Waals surface area (Å²) in [7, 11) is 0. The highest BCUT2D eigenvalue weighted by molar-refractivity contribution is 7.99. The molecule has 0 spiro atoms. The molecule has 4 nitrogen and oxygen atoms in total. The van der Waals surface area contributed by atoms with Crippen molar-refractivity contribution in [3.63, 3.8) is 0 Å². The van der Waals surface area contributed by atoms with Gasteiger partial charge in [0.2, 0.25) is 0 Å². The molecule has 0 amide bonds. The monoisotopic (exact) mass is 208 g/mol. The van der Waals surface area contributed by atoms with E-state index < -0.39 is 0 Å². The first kappa shape index (κ1) is 9.48. The minimum absolute atomic E-state index is 0.182. The van der Waals surface area contributed by atoms with Crippen molar-refractivity contribution < 1.29 is 0 Å². The second kappa shape index (κ2) is 3.98. The quantitative estimate of drug-likeness (QED) is 0.748. The number of aromatic nitrogens is 3. The first-order valence-electron chi connectivity index (χ1n) is 4.45. The number of imidazole rings is 1. The lowest BCUT2D eigenvalue weighted by Crippen LogP contribution is -2.17. The number of rotatable bonds is 3. The average molecular weight is 208 g/mol. The highest BCUT2D eigenvalue weighted by atomic mass is 32.2. The highest BCUT2D eigenvalue weighted by Gasteiger charge is 2.04. The van der Waals surface area contributed by atoms with Crippen molar-refractivity contribution in [2.24, 2.45) is 5.73 Å². The number of nitrogens with zero attached hydrogens (tertiary/aromatic N) is 2. The molecule has 1 atom stereocenters. The van der Waals surface area contributed by atoms with Crippen molar-refractivity contribution >= 4 is 22.9 Å². The first-order valence-corrected chi connectivity index (χ1v) is 5.43. The Labute approximate surface area is 86.3 Å². The van der Waals surface area contributed by atoms with Crippen molar-refractivity contribution in [1.29, 1.82) is 0 Å². The van der Waals surface area contributed by atoms with Gasteiger partial charge in [-0.25, -0.2) is 9.97 Å². The van der Waals surface area contributed by atoms with Crippen LogP contribution in [0.5, 0.6) is 0 Å². The molecular weight excluding hydrogens is 196 g/mol. The van der Waals surface area contributed by atoms with E-state index in [0.717, 1.165) is 22.1 Å². The van der Waals surface area contributed by atoms with Crippen LogP contribution in [-0.4, -0.2) is 26.7 Å². The van der Waals surface area contributed by atoms with Gasteiger partial charge in [-0.1, -0.05) is 11.8 Å². The van der Waals surface area contributed by atoms with Crippen LogP contribution in [0.25, 0.3) is 11.2 Å². The van der Waals surface area contributed by atoms with E-state index in [1.807, 2.05) is 19.1 Å². The van der Waals surface area contributed by atoms with Crippen molar-refractivity contribution in [3.05, 3.63) is 18.3 Å². The summed E-state index contributed by atoms with van der Waals surface area (Å²) in [5.41, 5.74) is 7.39. The number of hydrogen-bond donors (Lipinski definition) is 2. The molecule has 0 aliphatic heterocycles. The lowest BCUT2D eigenvalue weighted by atomic mass is 10.4. The number of hydrogen-bond acceptors (Lipinski definition) is 4. The average Bonchev–Trinajstić information content (AvgIpc) is 2.57. The van der Waals surface area contributed by atoms with Gasteiger partial charge in [0.05, 0.1) is 5.52 Å². The van der Waals surface area contributed by atoms with Gasteiger partial charge >= 0.3 is 0 Å². The summed E-state index contributed by atoms with van der Waals surface area (Å²) >= 11 is 1.62. The Bertz CT molecular complexity index is 390. The zero-order chi connectivity index (χ0) is 9.97. The molecule has 74 valence electrons. The van der Waals surface area contributed by atoms with Gasteiger partial charge in [0, 0.05) is 18.0 Å². The van der Waals surface area contributed by atoms with Crippen LogP contribution in [-0.2, 0) is 0 Å². The predicted molar refractivity (Wildman–Crippen MR) is 58.3 cm³/mol. The zero-order valence-electron chi connectivity index (χ0n) is 7.90. The molecule has 2 heterocycles. The van der Waals surface area contributed by atoms with Gasteiger partial charge in [0.25, 0.3) is 0 Å². The van der Waals surface area contributed by atoms with Crippen LogP contribution in [0.2, 0.25) is 0 Å². The van der Waals surface area contributed by atoms with Gasteiger partial charge in [-0.15, -0.1) is 0 Å². The first-order chi connectivity index (χ1) is 6.75. The van der Waals surface area contributed by atoms with Gasteiger partial charge in [-0.2, -0.15) is 0 Å². The molecular formula is C9H12N4S. The number of nitrogens with one attached hydrogen (secondary N) is 1. The SMILES string of the molecule is CC(N)CSc1nc2ncccc2[nH]1. The topological polar surface area (TPSA) is 67.6 Å². The largest absolute Gasteiger partial charge is 0.332 e. The molecule has 0 aromatic carbocycles. The standard InChI is InChI=1S/C9H12N4S/c1-6(10)5-14-9-12-7-3-2-4-11-8(7)13-9/h2-4,6H,5,10H2,1H3,(H,11,12,13). The minimum atomic E-state index is 0.182. The molecule has 2 rings (SSSR count). The smallest absolute Gasteiger partial charge is 0.178 e. The van der Waals surface area contributed by atoms with Gasteiger partial charge in [0.1, 0.15) is 0 Å². The second-order valence-corrected chi connectivity index (χ2v) is 4.21. The Kier molecular flexibility index (Phi) is 2.69. The van der Waals surface area contributed by atoms with Crippen LogP contribution in [0.15, 0.2) is 23.5 Å². The molecule has 0 fully saturated rings. The van der Waals surface area contributed by atoms with Crippen LogP contribution >= 0.6 is 11.8 Å². The van der Waals surface area contributed by atoms with E-state index in [-0.39, 0.29) is 6.04 Å². The van der Waals surface area contributed by atoms with Gasteiger partial charge in [0.15, 0.2) is 10.8 Å². The number of pyridine rings is 1. The maximum Gasteiger partial charge on any atom is 0.178 e. The van der Waals surface area contributed by atoms with Crippen LogP contribution in [0.4, 0.5) is 0 Å². The summed E-state index contributed by atoms with van der Waals surface area (Å²) in [6.07, 6.45) is 1.74. The van der Waals surface area contributed by atoms with E-state index in [4.69, 9.17) is 5.73 Å². The lowest BCUT2D eigenvalue weighted by Gasteiger charge is -2.00. The van der Waals surface area contributed by atoms with Crippen LogP contribution in [0.1, 0.15) is 6.92 Å². The Morgan fingerprint density at radius 2 is 2.50 bits per heavy atom. The maximum atomic E-state index is 5.66. The number of fused-ring (bicyclic) bond motifs is 1. The van der Waals surface area contributed by atoms with Gasteiger partial charge in [-0.3, -0.25) is 0 Å². The van der Waals surface area contributed by atoms with Crippen LogP contribution < -0.4 is 5.73 Å². The summed E-state index contributed by atoms with van der Waals surface area (Å²) in [5, 5.41) is 0.885. The highest BCUT2D eigenvalue weighted by Crippen LogP contribution is 2.17. The normalized spacial score (nSPS) is 13.3. The molecule has 0 saturated heterocycles. The number of aromatic amines is 1. The summed E-state index contributed by atoms with van der Waals surface area (Å²) in [4.78, 5) is 11.7. The van der Waals surface area contributed by atoms with E-state index in [1.54, 1.807) is 18.0 Å². The van der Waals surface area contributed by atoms with Crippen molar-refractivity contribution in [1.82, 2.24) is 15.0 Å². The maximum absolute atomic E-state index is 5.66. The number of thioether (sulfide) groups is 1. The van der Waals surface area contributed by atoms with Crippen molar-refractivity contribution in [3.8, 4) is 0 Å². The van der Waals surface area contributed by atoms with Crippen LogP contribution in [0.3, 0.4) is 0 Å². The van der Waals surface area contributed by atoms with E-state index in [0.29, 0.717) is 0 Å². The van der Waals surface area contributed by atoms with Crippen molar-refractivity contribution in [2.45, 2.75) is 18.1 Å². The van der Waals surface area contributed by atoms with E-state index >= 15 is 0 Å². The van der Waals surface area contributed by atoms with Crippen LogP contribution in [0, 0.1) is 0 Å². The summed E-state index contributed by atoms with van der Waals surface area (Å²) in [6.45, 7) is 1.98. The molecule has 0 saturated carbocycles. The Hall–Kier alpha value is -1.07. The predicted octanol–water partition coefficient (Wildman–Crippen LogP) is 1.40. The molecule has 5 heteroatoms. The molecule has 0 bridgehead atoms. The molecule has 14 heavy (non-hydrogen) atoms. The third-order valence-corrected chi connectivity index (χ3v) is 2.88. The third-order valence-electron chi connectivity index (χ3n) is 1.72. The molecule has 0 aliphatic rings. The number of nitrogens with two attached hydrogens (primary N) is 1. The minimum Gasteiger partial charge on any atom is -0.332 e. The van der Waals surface area contributed by atoms with Gasteiger partial charge in [-0.05, 0) is 19.1 Å². The Morgan fingerprint density at radius 1 is 1.64 bits per heavy atom. The summed E-state index contributed by atoms with van der Waals surface area (Å²) in [5.74, 6) is 0.861.